The van der Waals surface area contributed by atoms with Crippen LogP contribution in [0.2, 0.25) is 0 Å². The van der Waals surface area contributed by atoms with Crippen LogP contribution in [0.25, 0.3) is 0 Å². The number of esters is 1. The van der Waals surface area contributed by atoms with Crippen molar-refractivity contribution in [2.75, 3.05) is 6.61 Å². The largest absolute Gasteiger partial charge is 0.450 e. The molecule has 1 fully saturated rings. The Kier molecular flexibility index (Phi) is 3.72. The van der Waals surface area contributed by atoms with Crippen LogP contribution in [-0.4, -0.2) is 53.3 Å². The number of nitrogens with one attached hydrogen (secondary N) is 1. The second-order valence-electron chi connectivity index (χ2n) is 2.76. The number of Topliss-reactive ketones (excluding diaryl/α,β-unsaturated/α-hetero) is 1. The zero-order valence-corrected chi connectivity index (χ0v) is 7.45. The molecule has 1 aliphatic heterocycles. The topological polar surface area (TPSA) is 122 Å². The normalized spacial score (nSPS) is 27.3. The monoisotopic (exact) mass is 219 g/mol. The van der Waals surface area contributed by atoms with E-state index < -0.39 is 36.7 Å². The molecule has 1 unspecified atom stereocenters. The molecule has 3 N–H and O–H groups in total. The van der Waals surface area contributed by atoms with E-state index >= 15 is 0 Å². The Morgan fingerprint density at radius 3 is 2.80 bits per heavy atom. The van der Waals surface area contributed by atoms with Crippen LogP contribution >= 0.6 is 0 Å². The molecule has 0 saturated carbocycles. The molecule has 0 bridgehead atoms. The first-order chi connectivity index (χ1) is 7.11. The number of ether oxygens (including phenoxy) is 1. The molecule has 0 radical (unpaired) electrons. The van der Waals surface area contributed by atoms with Crippen LogP contribution in [-0.2, 0) is 24.0 Å². The molecule has 1 aliphatic rings. The van der Waals surface area contributed by atoms with E-state index in [2.05, 4.69) is 9.57 Å². The van der Waals surface area contributed by atoms with E-state index in [0.29, 0.717) is 0 Å². The number of hydroxylamine groups is 1. The van der Waals surface area contributed by atoms with Gasteiger partial charge in [0.2, 0.25) is 6.41 Å². The van der Waals surface area contributed by atoms with Gasteiger partial charge in [0.15, 0.2) is 12.2 Å². The van der Waals surface area contributed by atoms with Gasteiger partial charge in [-0.25, -0.2) is 10.3 Å². The zero-order valence-electron chi connectivity index (χ0n) is 7.45. The van der Waals surface area contributed by atoms with Crippen LogP contribution in [0, 0.1) is 0 Å². The highest BCUT2D eigenvalue weighted by Gasteiger charge is 2.48. The Morgan fingerprint density at radius 1 is 1.60 bits per heavy atom. The Morgan fingerprint density at radius 2 is 2.27 bits per heavy atom. The van der Waals surface area contributed by atoms with Crippen molar-refractivity contribution in [3.63, 3.8) is 0 Å². The van der Waals surface area contributed by atoms with Crippen molar-refractivity contribution in [1.82, 2.24) is 5.48 Å². The van der Waals surface area contributed by atoms with Gasteiger partial charge in [-0.15, -0.1) is 0 Å². The Labute approximate surface area is 83.7 Å². The number of amides is 1. The number of aliphatic hydroxyl groups excluding tert-OH is 2. The molecular formula is C7H9NO7. The molecule has 0 aromatic carbocycles. The zero-order chi connectivity index (χ0) is 11.4. The summed E-state index contributed by atoms with van der Waals surface area (Å²) in [6.45, 7) is -0.702. The number of rotatable bonds is 5. The van der Waals surface area contributed by atoms with Gasteiger partial charge in [0.05, 0.1) is 6.61 Å². The van der Waals surface area contributed by atoms with Crippen LogP contribution < -0.4 is 5.48 Å². The third-order valence-electron chi connectivity index (χ3n) is 1.81. The molecule has 8 heteroatoms. The maximum Gasteiger partial charge on any atom is 0.378 e. The molecule has 0 aromatic rings. The number of cyclic esters (lactones) is 1. The quantitative estimate of drug-likeness (QED) is 0.193. The third kappa shape index (κ3) is 2.29. The van der Waals surface area contributed by atoms with Gasteiger partial charge in [-0.05, 0) is 0 Å². The van der Waals surface area contributed by atoms with Gasteiger partial charge in [0, 0.05) is 0 Å². The standard InChI is InChI=1S/C7H9NO7/c9-1-3(11)5-6(15-8-2-10)4(12)7(13)14-5/h2-3,5-6,9,11H,1H2,(H,8,10)/t3-,5+,6?/m0/s1. The fourth-order valence-corrected chi connectivity index (χ4v) is 1.11. The van der Waals surface area contributed by atoms with Gasteiger partial charge < -0.3 is 14.9 Å². The predicted octanol–water partition coefficient (Wildman–Crippen LogP) is -3.12. The van der Waals surface area contributed by atoms with Crippen LogP contribution in [0.3, 0.4) is 0 Å². The van der Waals surface area contributed by atoms with Crippen LogP contribution in [0.4, 0.5) is 0 Å². The molecule has 0 aliphatic carbocycles. The lowest BCUT2D eigenvalue weighted by Gasteiger charge is -2.18. The fraction of sp³-hybridized carbons (Fsp3) is 0.571. The first-order valence-electron chi connectivity index (χ1n) is 4.00. The van der Waals surface area contributed by atoms with Crippen molar-refractivity contribution < 1.29 is 34.2 Å². The van der Waals surface area contributed by atoms with E-state index in [1.54, 1.807) is 5.48 Å². The molecule has 1 rings (SSSR count). The van der Waals surface area contributed by atoms with Crippen molar-refractivity contribution in [2.24, 2.45) is 0 Å². The molecule has 1 heterocycles. The summed E-state index contributed by atoms with van der Waals surface area (Å²) in [5.74, 6) is -2.20. The number of ketones is 1. The maximum atomic E-state index is 11.1. The SMILES string of the molecule is O=CNOC1C(=O)C(=O)O[C@@H]1[C@@H](O)CO. The summed E-state index contributed by atoms with van der Waals surface area (Å²) < 4.78 is 4.46. The minimum Gasteiger partial charge on any atom is -0.450 e. The van der Waals surface area contributed by atoms with Gasteiger partial charge >= 0.3 is 5.97 Å². The van der Waals surface area contributed by atoms with Crippen molar-refractivity contribution in [1.29, 1.82) is 0 Å². The van der Waals surface area contributed by atoms with Gasteiger partial charge in [-0.1, -0.05) is 0 Å². The second kappa shape index (κ2) is 4.82. The van der Waals surface area contributed by atoms with Crippen molar-refractivity contribution >= 4 is 18.2 Å². The summed E-state index contributed by atoms with van der Waals surface area (Å²) in [6, 6.07) is 0. The fourth-order valence-electron chi connectivity index (χ4n) is 1.11. The van der Waals surface area contributed by atoms with E-state index in [9.17, 15) is 19.5 Å². The Bertz CT molecular complexity index is 279. The summed E-state index contributed by atoms with van der Waals surface area (Å²) in [7, 11) is 0. The van der Waals surface area contributed by atoms with Gasteiger partial charge in [0.25, 0.3) is 5.78 Å². The van der Waals surface area contributed by atoms with Crippen molar-refractivity contribution in [3.05, 3.63) is 0 Å². The number of carbonyl (C=O) groups is 3. The van der Waals surface area contributed by atoms with Crippen molar-refractivity contribution in [2.45, 2.75) is 18.3 Å². The Balaban J connectivity index is 2.72. The lowest BCUT2D eigenvalue weighted by Crippen LogP contribution is -2.43. The molecular weight excluding hydrogens is 210 g/mol. The molecule has 0 spiro atoms. The third-order valence-corrected chi connectivity index (χ3v) is 1.81. The average Bonchev–Trinajstić information content (AvgIpc) is 2.52. The average molecular weight is 219 g/mol. The minimum atomic E-state index is -1.45. The van der Waals surface area contributed by atoms with Gasteiger partial charge in [-0.2, -0.15) is 0 Å². The highest BCUT2D eigenvalue weighted by Crippen LogP contribution is 2.17. The molecule has 1 amide bonds. The lowest BCUT2D eigenvalue weighted by molar-refractivity contribution is -0.152. The second-order valence-corrected chi connectivity index (χ2v) is 2.76. The molecule has 1 saturated heterocycles. The predicted molar refractivity (Wildman–Crippen MR) is 42.1 cm³/mol. The van der Waals surface area contributed by atoms with E-state index in [4.69, 9.17) is 5.11 Å². The number of aliphatic hydroxyl groups is 2. The van der Waals surface area contributed by atoms with E-state index in [1.165, 1.54) is 0 Å². The Hall–Kier alpha value is -1.51. The molecule has 8 nitrogen and oxygen atoms in total. The highest BCUT2D eigenvalue weighted by atomic mass is 16.7. The van der Waals surface area contributed by atoms with Gasteiger partial charge in [0.1, 0.15) is 6.10 Å². The van der Waals surface area contributed by atoms with E-state index in [0.717, 1.165) is 0 Å². The highest BCUT2D eigenvalue weighted by molar-refractivity contribution is 6.37. The molecule has 15 heavy (non-hydrogen) atoms. The molecule has 0 aromatic heterocycles. The smallest absolute Gasteiger partial charge is 0.378 e. The summed E-state index contributed by atoms with van der Waals surface area (Å²) in [4.78, 5) is 36.3. The summed E-state index contributed by atoms with van der Waals surface area (Å²) in [5.41, 5.74) is 1.72. The van der Waals surface area contributed by atoms with E-state index in [1.807, 2.05) is 0 Å². The summed E-state index contributed by atoms with van der Waals surface area (Å²) in [6.07, 6.45) is -4.05. The number of hydrogen-bond donors (Lipinski definition) is 3. The van der Waals surface area contributed by atoms with E-state index in [-0.39, 0.29) is 6.41 Å². The number of hydrogen-bond acceptors (Lipinski definition) is 7. The first kappa shape index (κ1) is 11.6. The minimum absolute atomic E-state index is 0.151. The molecule has 3 atom stereocenters. The van der Waals surface area contributed by atoms with Gasteiger partial charge in [-0.3, -0.25) is 14.4 Å². The molecule has 84 valence electrons. The lowest BCUT2D eigenvalue weighted by atomic mass is 10.1. The van der Waals surface area contributed by atoms with Crippen molar-refractivity contribution in [3.8, 4) is 0 Å². The van der Waals surface area contributed by atoms with Crippen LogP contribution in [0.1, 0.15) is 0 Å². The number of carbonyl (C=O) groups excluding carboxylic acids is 3. The maximum absolute atomic E-state index is 11.1. The summed E-state index contributed by atoms with van der Waals surface area (Å²) >= 11 is 0. The summed E-state index contributed by atoms with van der Waals surface area (Å²) in [5, 5.41) is 17.8. The van der Waals surface area contributed by atoms with Crippen LogP contribution in [0.5, 0.6) is 0 Å². The van der Waals surface area contributed by atoms with Crippen LogP contribution in [0.15, 0.2) is 0 Å². The first-order valence-corrected chi connectivity index (χ1v) is 4.00.